The second kappa shape index (κ2) is 9.47. The summed E-state index contributed by atoms with van der Waals surface area (Å²) in [5.41, 5.74) is 1.34. The molecule has 2 aromatic carbocycles. The summed E-state index contributed by atoms with van der Waals surface area (Å²) in [6.45, 7) is 0.161. The van der Waals surface area contributed by atoms with Crippen molar-refractivity contribution < 1.29 is 19.1 Å². The molecule has 0 fully saturated rings. The molecule has 1 aliphatic heterocycles. The summed E-state index contributed by atoms with van der Waals surface area (Å²) in [5, 5.41) is 6.74. The van der Waals surface area contributed by atoms with Gasteiger partial charge in [0.15, 0.2) is 11.5 Å². The van der Waals surface area contributed by atoms with Gasteiger partial charge in [0.1, 0.15) is 5.03 Å². The molecule has 0 atom stereocenters. The van der Waals surface area contributed by atoms with Crippen LogP contribution in [0.5, 0.6) is 11.5 Å². The summed E-state index contributed by atoms with van der Waals surface area (Å²) >= 11 is 13.2. The van der Waals surface area contributed by atoms with Crippen LogP contribution >= 0.6 is 35.0 Å². The summed E-state index contributed by atoms with van der Waals surface area (Å²) in [7, 11) is 0. The Morgan fingerprint density at radius 2 is 1.87 bits per heavy atom. The van der Waals surface area contributed by atoms with Gasteiger partial charge in [0.25, 0.3) is 5.91 Å². The fourth-order valence-corrected chi connectivity index (χ4v) is 4.01. The van der Waals surface area contributed by atoms with Gasteiger partial charge in [-0.2, -0.15) is 0 Å². The highest BCUT2D eigenvalue weighted by atomic mass is 35.5. The van der Waals surface area contributed by atoms with Gasteiger partial charge in [-0.05, 0) is 42.5 Å². The summed E-state index contributed by atoms with van der Waals surface area (Å²) in [6, 6.07) is 13.2. The van der Waals surface area contributed by atoms with Crippen LogP contribution in [0, 0.1) is 0 Å². The van der Waals surface area contributed by atoms with Crippen LogP contribution in [-0.4, -0.2) is 29.3 Å². The van der Waals surface area contributed by atoms with E-state index in [1.165, 1.54) is 6.07 Å². The summed E-state index contributed by atoms with van der Waals surface area (Å²) in [6.07, 6.45) is 1.56. The molecule has 158 valence electrons. The number of carbonyl (C=O) groups is 2. The number of anilines is 2. The molecule has 0 unspecified atom stereocenters. The minimum absolute atomic E-state index is 0.0629. The maximum atomic E-state index is 12.7. The zero-order valence-corrected chi connectivity index (χ0v) is 18.2. The lowest BCUT2D eigenvalue weighted by molar-refractivity contribution is -0.113. The molecule has 10 heteroatoms. The maximum Gasteiger partial charge on any atom is 0.258 e. The van der Waals surface area contributed by atoms with Crippen molar-refractivity contribution >= 4 is 58.2 Å². The third-order valence-corrected chi connectivity index (χ3v) is 5.74. The first kappa shape index (κ1) is 21.3. The van der Waals surface area contributed by atoms with Crippen molar-refractivity contribution in [2.24, 2.45) is 0 Å². The zero-order valence-electron chi connectivity index (χ0n) is 15.9. The number of fused-ring (bicyclic) bond motifs is 1. The number of pyridine rings is 1. The second-order valence-corrected chi connectivity index (χ2v) is 8.15. The Bertz CT molecular complexity index is 1160. The van der Waals surface area contributed by atoms with Gasteiger partial charge >= 0.3 is 0 Å². The number of hydrogen-bond donors (Lipinski definition) is 2. The molecule has 2 N–H and O–H groups in total. The SMILES string of the molecule is O=C(CSc1ncccc1C(=O)Nc1ccc(Cl)cc1Cl)Nc1ccc2c(c1)OCO2. The number of nitrogens with one attached hydrogen (secondary N) is 2. The average molecular weight is 476 g/mol. The van der Waals surface area contributed by atoms with Crippen LogP contribution in [0.15, 0.2) is 59.8 Å². The van der Waals surface area contributed by atoms with Gasteiger partial charge < -0.3 is 20.1 Å². The molecule has 2 heterocycles. The van der Waals surface area contributed by atoms with Gasteiger partial charge in [0, 0.05) is 23.0 Å². The molecule has 1 aliphatic rings. The molecular weight excluding hydrogens is 461 g/mol. The quantitative estimate of drug-likeness (QED) is 0.482. The molecule has 0 saturated heterocycles. The molecule has 3 aromatic rings. The lowest BCUT2D eigenvalue weighted by Gasteiger charge is -2.11. The predicted molar refractivity (Wildman–Crippen MR) is 121 cm³/mol. The van der Waals surface area contributed by atoms with Crippen molar-refractivity contribution in [3.8, 4) is 11.5 Å². The van der Waals surface area contributed by atoms with E-state index < -0.39 is 5.91 Å². The molecule has 0 bridgehead atoms. The van der Waals surface area contributed by atoms with E-state index in [4.69, 9.17) is 32.7 Å². The molecule has 0 saturated carbocycles. The van der Waals surface area contributed by atoms with Crippen molar-refractivity contribution in [2.45, 2.75) is 5.03 Å². The largest absolute Gasteiger partial charge is 0.454 e. The number of benzene rings is 2. The predicted octanol–water partition coefficient (Wildman–Crippen LogP) is 5.10. The molecule has 7 nitrogen and oxygen atoms in total. The van der Waals surface area contributed by atoms with E-state index in [-0.39, 0.29) is 18.5 Å². The number of halogens is 2. The number of amides is 2. The molecule has 0 spiro atoms. The van der Waals surface area contributed by atoms with E-state index >= 15 is 0 Å². The van der Waals surface area contributed by atoms with Crippen molar-refractivity contribution in [1.82, 2.24) is 4.98 Å². The lowest BCUT2D eigenvalue weighted by Crippen LogP contribution is -2.16. The second-order valence-electron chi connectivity index (χ2n) is 6.34. The first-order valence-corrected chi connectivity index (χ1v) is 10.8. The molecular formula is C21H15Cl2N3O4S. The number of carbonyl (C=O) groups excluding carboxylic acids is 2. The Kier molecular flexibility index (Phi) is 6.50. The van der Waals surface area contributed by atoms with Crippen molar-refractivity contribution in [3.05, 3.63) is 70.3 Å². The molecule has 31 heavy (non-hydrogen) atoms. The number of ether oxygens (including phenoxy) is 2. The Morgan fingerprint density at radius 3 is 2.71 bits per heavy atom. The van der Waals surface area contributed by atoms with Crippen LogP contribution < -0.4 is 20.1 Å². The fourth-order valence-electron chi connectivity index (χ4n) is 2.76. The summed E-state index contributed by atoms with van der Waals surface area (Å²) < 4.78 is 10.6. The standard InChI is InChI=1S/C21H15Cl2N3O4S/c22-12-3-5-16(15(23)8-12)26-20(28)14-2-1-7-24-21(14)31-10-19(27)25-13-4-6-17-18(9-13)30-11-29-17/h1-9H,10-11H2,(H,25,27)(H,26,28). The third-order valence-electron chi connectivity index (χ3n) is 4.19. The molecule has 0 aliphatic carbocycles. The zero-order chi connectivity index (χ0) is 21.8. The normalized spacial score (nSPS) is 11.8. The summed E-state index contributed by atoms with van der Waals surface area (Å²) in [5.74, 6) is 0.637. The first-order valence-electron chi connectivity index (χ1n) is 9.03. The molecule has 0 radical (unpaired) electrons. The van der Waals surface area contributed by atoms with E-state index in [9.17, 15) is 9.59 Å². The van der Waals surface area contributed by atoms with Gasteiger partial charge in [-0.25, -0.2) is 4.98 Å². The smallest absolute Gasteiger partial charge is 0.258 e. The van der Waals surface area contributed by atoms with Gasteiger partial charge in [0.2, 0.25) is 12.7 Å². The van der Waals surface area contributed by atoms with Gasteiger partial charge in [-0.15, -0.1) is 0 Å². The minimum Gasteiger partial charge on any atom is -0.454 e. The van der Waals surface area contributed by atoms with Crippen LogP contribution in [0.4, 0.5) is 11.4 Å². The Morgan fingerprint density at radius 1 is 1.03 bits per heavy atom. The molecule has 2 amide bonds. The Hall–Kier alpha value is -2.94. The van der Waals surface area contributed by atoms with Gasteiger partial charge in [-0.3, -0.25) is 9.59 Å². The topological polar surface area (TPSA) is 89.6 Å². The Balaban J connectivity index is 1.40. The molecule has 1 aromatic heterocycles. The van der Waals surface area contributed by atoms with E-state index in [1.807, 2.05) is 0 Å². The number of aromatic nitrogens is 1. The van der Waals surface area contributed by atoms with E-state index in [1.54, 1.807) is 48.7 Å². The highest BCUT2D eigenvalue weighted by Gasteiger charge is 2.17. The first-order chi connectivity index (χ1) is 15.0. The monoisotopic (exact) mass is 475 g/mol. The van der Waals surface area contributed by atoms with Gasteiger partial charge in [-0.1, -0.05) is 35.0 Å². The van der Waals surface area contributed by atoms with Crippen molar-refractivity contribution in [3.63, 3.8) is 0 Å². The van der Waals surface area contributed by atoms with Crippen molar-refractivity contribution in [1.29, 1.82) is 0 Å². The van der Waals surface area contributed by atoms with Crippen LogP contribution in [-0.2, 0) is 4.79 Å². The van der Waals surface area contributed by atoms with E-state index in [0.29, 0.717) is 43.5 Å². The summed E-state index contributed by atoms with van der Waals surface area (Å²) in [4.78, 5) is 29.3. The number of rotatable bonds is 6. The third kappa shape index (κ3) is 5.22. The number of nitrogens with zero attached hydrogens (tertiary/aromatic N) is 1. The van der Waals surface area contributed by atoms with Crippen LogP contribution in [0.2, 0.25) is 10.0 Å². The van der Waals surface area contributed by atoms with Gasteiger partial charge in [0.05, 0.1) is 22.0 Å². The van der Waals surface area contributed by atoms with Crippen LogP contribution in [0.3, 0.4) is 0 Å². The average Bonchev–Trinajstić information content (AvgIpc) is 3.22. The number of hydrogen-bond acceptors (Lipinski definition) is 6. The highest BCUT2D eigenvalue weighted by Crippen LogP contribution is 2.34. The van der Waals surface area contributed by atoms with Crippen LogP contribution in [0.25, 0.3) is 0 Å². The highest BCUT2D eigenvalue weighted by molar-refractivity contribution is 8.00. The van der Waals surface area contributed by atoms with Crippen LogP contribution in [0.1, 0.15) is 10.4 Å². The molecule has 4 rings (SSSR count). The van der Waals surface area contributed by atoms with E-state index in [0.717, 1.165) is 11.8 Å². The Labute approximate surface area is 192 Å². The fraction of sp³-hybridized carbons (Fsp3) is 0.0952. The number of thioether (sulfide) groups is 1. The van der Waals surface area contributed by atoms with Crippen molar-refractivity contribution in [2.75, 3.05) is 23.2 Å². The lowest BCUT2D eigenvalue weighted by atomic mass is 10.2. The minimum atomic E-state index is -0.393. The maximum absolute atomic E-state index is 12.7. The van der Waals surface area contributed by atoms with E-state index in [2.05, 4.69) is 15.6 Å².